The summed E-state index contributed by atoms with van der Waals surface area (Å²) in [7, 11) is 1.24. The molecular weight excluding hydrogens is 334 g/mol. The van der Waals surface area contributed by atoms with Crippen molar-refractivity contribution < 1.29 is 23.9 Å². The summed E-state index contributed by atoms with van der Waals surface area (Å²) in [6, 6.07) is 12.4. The third-order valence-electron chi connectivity index (χ3n) is 2.98. The molecule has 0 radical (unpaired) electrons. The van der Waals surface area contributed by atoms with E-state index >= 15 is 0 Å². The van der Waals surface area contributed by atoms with Crippen LogP contribution < -0.4 is 5.32 Å². The van der Waals surface area contributed by atoms with Crippen LogP contribution in [0.15, 0.2) is 48.5 Å². The fourth-order valence-corrected chi connectivity index (χ4v) is 1.96. The molecule has 0 aliphatic rings. The average molecular weight is 348 g/mol. The van der Waals surface area contributed by atoms with Crippen molar-refractivity contribution in [3.8, 4) is 0 Å². The minimum Gasteiger partial charge on any atom is -0.465 e. The molecule has 7 heteroatoms. The molecule has 24 heavy (non-hydrogen) atoms. The minimum atomic E-state index is -0.716. The summed E-state index contributed by atoms with van der Waals surface area (Å²) in [5.41, 5.74) is 0.905. The van der Waals surface area contributed by atoms with Gasteiger partial charge in [0, 0.05) is 10.7 Å². The molecule has 6 nitrogen and oxygen atoms in total. The normalized spacial score (nSPS) is 9.92. The van der Waals surface area contributed by atoms with Crippen LogP contribution in [-0.2, 0) is 14.3 Å². The molecule has 0 spiro atoms. The Hall–Kier alpha value is -2.86. The molecule has 0 bridgehead atoms. The fraction of sp³-hybridized carbons (Fsp3) is 0.118. The van der Waals surface area contributed by atoms with Gasteiger partial charge in [0.15, 0.2) is 6.61 Å². The Morgan fingerprint density at radius 3 is 2.25 bits per heavy atom. The first kappa shape index (κ1) is 17.5. The third-order valence-corrected chi connectivity index (χ3v) is 3.23. The van der Waals surface area contributed by atoms with Crippen LogP contribution >= 0.6 is 11.6 Å². The highest BCUT2D eigenvalue weighted by Gasteiger charge is 2.13. The maximum Gasteiger partial charge on any atom is 0.338 e. The van der Waals surface area contributed by atoms with Gasteiger partial charge < -0.3 is 14.8 Å². The topological polar surface area (TPSA) is 81.7 Å². The fourth-order valence-electron chi connectivity index (χ4n) is 1.84. The smallest absolute Gasteiger partial charge is 0.338 e. The quantitative estimate of drug-likeness (QED) is 0.841. The lowest BCUT2D eigenvalue weighted by Crippen LogP contribution is -2.21. The number of esters is 2. The van der Waals surface area contributed by atoms with Gasteiger partial charge in [-0.3, -0.25) is 4.79 Å². The van der Waals surface area contributed by atoms with Crippen LogP contribution in [0.25, 0.3) is 0 Å². The maximum atomic E-state index is 11.9. The predicted octanol–water partition coefficient (Wildman–Crippen LogP) is 2.92. The van der Waals surface area contributed by atoms with Crippen LogP contribution in [-0.4, -0.2) is 31.6 Å². The van der Waals surface area contributed by atoms with E-state index in [0.29, 0.717) is 10.7 Å². The number of ether oxygens (including phenoxy) is 2. The Morgan fingerprint density at radius 1 is 1.00 bits per heavy atom. The summed E-state index contributed by atoms with van der Waals surface area (Å²) in [5.74, 6) is -1.77. The predicted molar refractivity (Wildman–Crippen MR) is 88.1 cm³/mol. The number of carbonyl (C=O) groups is 3. The summed E-state index contributed by atoms with van der Waals surface area (Å²) >= 11 is 5.75. The number of benzene rings is 2. The lowest BCUT2D eigenvalue weighted by molar-refractivity contribution is -0.119. The van der Waals surface area contributed by atoms with Crippen LogP contribution in [0.5, 0.6) is 0 Å². The van der Waals surface area contributed by atoms with Gasteiger partial charge in [0.05, 0.1) is 18.2 Å². The molecule has 0 aliphatic carbocycles. The second-order valence-corrected chi connectivity index (χ2v) is 5.14. The summed E-state index contributed by atoms with van der Waals surface area (Å²) in [6.45, 7) is -0.454. The molecule has 0 aliphatic heterocycles. The molecule has 2 rings (SSSR count). The number of rotatable bonds is 5. The van der Waals surface area contributed by atoms with Gasteiger partial charge >= 0.3 is 11.9 Å². The summed E-state index contributed by atoms with van der Waals surface area (Å²) in [5, 5.41) is 3.11. The van der Waals surface area contributed by atoms with E-state index < -0.39 is 24.5 Å². The monoisotopic (exact) mass is 347 g/mol. The number of hydrogen-bond donors (Lipinski definition) is 1. The number of carbonyl (C=O) groups excluding carboxylic acids is 3. The van der Waals surface area contributed by atoms with E-state index in [9.17, 15) is 14.4 Å². The zero-order chi connectivity index (χ0) is 17.5. The highest BCUT2D eigenvalue weighted by atomic mass is 35.5. The van der Waals surface area contributed by atoms with Gasteiger partial charge in [-0.05, 0) is 42.5 Å². The summed E-state index contributed by atoms with van der Waals surface area (Å²) < 4.78 is 9.50. The molecule has 0 saturated heterocycles. The Morgan fingerprint density at radius 2 is 1.62 bits per heavy atom. The average Bonchev–Trinajstić information content (AvgIpc) is 2.61. The molecule has 0 unspecified atom stereocenters. The highest BCUT2D eigenvalue weighted by Crippen LogP contribution is 2.13. The summed E-state index contributed by atoms with van der Waals surface area (Å²) in [6.07, 6.45) is 0. The van der Waals surface area contributed by atoms with Crippen LogP contribution in [0.1, 0.15) is 20.7 Å². The van der Waals surface area contributed by atoms with Gasteiger partial charge in [-0.2, -0.15) is 0 Å². The first-order chi connectivity index (χ1) is 11.5. The number of nitrogens with one attached hydrogen (secondary N) is 1. The van der Waals surface area contributed by atoms with Gasteiger partial charge in [-0.1, -0.05) is 17.7 Å². The standard InChI is InChI=1S/C17H14ClNO5/c1-23-16(21)11-3-2-4-12(9-11)17(22)24-10-15(20)19-14-7-5-13(18)6-8-14/h2-9H,10H2,1H3,(H,19,20). The molecule has 1 amide bonds. The van der Waals surface area contributed by atoms with E-state index in [2.05, 4.69) is 10.1 Å². The van der Waals surface area contributed by atoms with Gasteiger partial charge in [0.25, 0.3) is 5.91 Å². The zero-order valence-corrected chi connectivity index (χ0v) is 13.5. The van der Waals surface area contributed by atoms with Gasteiger partial charge in [-0.25, -0.2) is 9.59 Å². The molecule has 0 aromatic heterocycles. The van der Waals surface area contributed by atoms with Crippen molar-refractivity contribution in [1.29, 1.82) is 0 Å². The summed E-state index contributed by atoms with van der Waals surface area (Å²) in [4.78, 5) is 35.1. The molecule has 1 N–H and O–H groups in total. The Bertz CT molecular complexity index is 758. The van der Waals surface area contributed by atoms with Crippen LogP contribution in [0, 0.1) is 0 Å². The molecule has 0 atom stereocenters. The van der Waals surface area contributed by atoms with Crippen molar-refractivity contribution >= 4 is 35.1 Å². The van der Waals surface area contributed by atoms with Crippen LogP contribution in [0.4, 0.5) is 5.69 Å². The number of hydrogen-bond acceptors (Lipinski definition) is 5. The Balaban J connectivity index is 1.91. The first-order valence-corrected chi connectivity index (χ1v) is 7.28. The van der Waals surface area contributed by atoms with Crippen molar-refractivity contribution in [3.05, 3.63) is 64.7 Å². The molecule has 124 valence electrons. The molecule has 0 heterocycles. The number of anilines is 1. The Labute approximate surface area is 143 Å². The van der Waals surface area contributed by atoms with Crippen molar-refractivity contribution in [2.75, 3.05) is 19.0 Å². The molecule has 0 saturated carbocycles. The van der Waals surface area contributed by atoms with E-state index in [1.807, 2.05) is 0 Å². The Kier molecular flexibility index (Phi) is 5.92. The largest absolute Gasteiger partial charge is 0.465 e. The first-order valence-electron chi connectivity index (χ1n) is 6.90. The second kappa shape index (κ2) is 8.12. The third kappa shape index (κ3) is 4.82. The lowest BCUT2D eigenvalue weighted by Gasteiger charge is -2.07. The van der Waals surface area contributed by atoms with Crippen molar-refractivity contribution in [1.82, 2.24) is 0 Å². The van der Waals surface area contributed by atoms with Crippen molar-refractivity contribution in [3.63, 3.8) is 0 Å². The number of amides is 1. The van der Waals surface area contributed by atoms with Crippen molar-refractivity contribution in [2.24, 2.45) is 0 Å². The van der Waals surface area contributed by atoms with Crippen LogP contribution in [0.3, 0.4) is 0 Å². The van der Waals surface area contributed by atoms with Crippen molar-refractivity contribution in [2.45, 2.75) is 0 Å². The minimum absolute atomic E-state index is 0.150. The molecule has 2 aromatic carbocycles. The van der Waals surface area contributed by atoms with Crippen LogP contribution in [0.2, 0.25) is 5.02 Å². The van der Waals surface area contributed by atoms with E-state index in [-0.39, 0.29) is 11.1 Å². The zero-order valence-electron chi connectivity index (χ0n) is 12.7. The molecule has 2 aromatic rings. The van der Waals surface area contributed by atoms with Gasteiger partial charge in [0.1, 0.15) is 0 Å². The maximum absolute atomic E-state index is 11.9. The van der Waals surface area contributed by atoms with E-state index in [0.717, 1.165) is 0 Å². The second-order valence-electron chi connectivity index (χ2n) is 4.70. The SMILES string of the molecule is COC(=O)c1cccc(C(=O)OCC(=O)Nc2ccc(Cl)cc2)c1. The highest BCUT2D eigenvalue weighted by molar-refractivity contribution is 6.30. The lowest BCUT2D eigenvalue weighted by atomic mass is 10.1. The van der Waals surface area contributed by atoms with E-state index in [1.54, 1.807) is 24.3 Å². The van der Waals surface area contributed by atoms with E-state index in [1.165, 1.54) is 31.4 Å². The van der Waals surface area contributed by atoms with Gasteiger partial charge in [-0.15, -0.1) is 0 Å². The van der Waals surface area contributed by atoms with E-state index in [4.69, 9.17) is 16.3 Å². The molecule has 0 fully saturated rings. The number of halogens is 1. The number of methoxy groups -OCH3 is 1. The van der Waals surface area contributed by atoms with Gasteiger partial charge in [0.2, 0.25) is 0 Å². The molecular formula is C17H14ClNO5.